The molecular weight excluding hydrogens is 500 g/mol. The molecular formula is C28H28N6O3S. The summed E-state index contributed by atoms with van der Waals surface area (Å²) in [6.07, 6.45) is 6.55. The summed E-state index contributed by atoms with van der Waals surface area (Å²) >= 11 is 0. The Balaban J connectivity index is 1.40. The molecule has 1 amide bonds. The predicted molar refractivity (Wildman–Crippen MR) is 151 cm³/mol. The molecule has 0 spiro atoms. The number of nitrogens with one attached hydrogen (secondary N) is 1. The summed E-state index contributed by atoms with van der Waals surface area (Å²) in [4.78, 5) is 25.1. The van der Waals surface area contributed by atoms with Crippen molar-refractivity contribution < 1.29 is 13.2 Å². The van der Waals surface area contributed by atoms with Gasteiger partial charge in [0.15, 0.2) is 0 Å². The topological polar surface area (TPSA) is 153 Å². The molecule has 2 heterocycles. The van der Waals surface area contributed by atoms with Crippen LogP contribution in [0.3, 0.4) is 0 Å². The van der Waals surface area contributed by atoms with Crippen LogP contribution < -0.4 is 16.2 Å². The standard InChI is InChI=1S/C28H28N6O3S/c1-17(28(35)34-15-20-4-5-24-22(12-20)7-9-32-27(24)29)6-8-31-18(2)10-21-13-23-11-19(3)33-16-25(23)26(14-21)38(30,36)37/h4-9,11-14,16H,2,10,15H2,1,3H3,(H2,29,32)(H,34,35)(H2,30,36,37)/b17-6+,31-8?. The summed E-state index contributed by atoms with van der Waals surface area (Å²) in [5.41, 5.74) is 9.24. The minimum Gasteiger partial charge on any atom is -0.383 e. The van der Waals surface area contributed by atoms with E-state index in [0.29, 0.717) is 41.0 Å². The van der Waals surface area contributed by atoms with Crippen molar-refractivity contribution >= 4 is 49.5 Å². The number of hydrogen-bond donors (Lipinski definition) is 3. The van der Waals surface area contributed by atoms with Crippen molar-refractivity contribution in [2.75, 3.05) is 5.73 Å². The summed E-state index contributed by atoms with van der Waals surface area (Å²) in [6.45, 7) is 7.83. The maximum absolute atomic E-state index is 12.5. The van der Waals surface area contributed by atoms with E-state index in [1.165, 1.54) is 18.5 Å². The van der Waals surface area contributed by atoms with Gasteiger partial charge in [0.1, 0.15) is 5.82 Å². The molecule has 0 atom stereocenters. The number of benzene rings is 2. The minimum atomic E-state index is -3.95. The van der Waals surface area contributed by atoms with Crippen LogP contribution in [0.5, 0.6) is 0 Å². The Bertz CT molecular complexity index is 1740. The smallest absolute Gasteiger partial charge is 0.247 e. The van der Waals surface area contributed by atoms with Crippen molar-refractivity contribution in [1.29, 1.82) is 0 Å². The lowest BCUT2D eigenvalue weighted by Gasteiger charge is -2.09. The van der Waals surface area contributed by atoms with Crippen molar-refractivity contribution in [2.45, 2.75) is 31.7 Å². The molecule has 0 radical (unpaired) electrons. The van der Waals surface area contributed by atoms with Gasteiger partial charge in [-0.3, -0.25) is 14.8 Å². The fourth-order valence-electron chi connectivity index (χ4n) is 4.03. The fraction of sp³-hybridized carbons (Fsp3) is 0.143. The number of anilines is 1. The third-order valence-corrected chi connectivity index (χ3v) is 6.91. The Morgan fingerprint density at radius 3 is 2.61 bits per heavy atom. The Labute approximate surface area is 221 Å². The molecule has 0 aliphatic rings. The van der Waals surface area contributed by atoms with Crippen molar-refractivity contribution in [2.24, 2.45) is 10.1 Å². The Kier molecular flexibility index (Phi) is 7.65. The van der Waals surface area contributed by atoms with Crippen molar-refractivity contribution in [3.8, 4) is 0 Å². The lowest BCUT2D eigenvalue weighted by atomic mass is 10.0. The van der Waals surface area contributed by atoms with Crippen molar-refractivity contribution in [1.82, 2.24) is 15.3 Å². The molecule has 0 bridgehead atoms. The number of aromatic nitrogens is 2. The highest BCUT2D eigenvalue weighted by atomic mass is 32.2. The number of amides is 1. The quantitative estimate of drug-likeness (QED) is 0.234. The molecule has 4 aromatic rings. The summed E-state index contributed by atoms with van der Waals surface area (Å²) < 4.78 is 24.3. The summed E-state index contributed by atoms with van der Waals surface area (Å²) in [5.74, 6) is 0.239. The number of primary sulfonamides is 1. The van der Waals surface area contributed by atoms with Crippen LogP contribution in [-0.2, 0) is 27.8 Å². The number of nitrogens with zero attached hydrogens (tertiary/aromatic N) is 3. The van der Waals surface area contributed by atoms with E-state index in [2.05, 4.69) is 26.9 Å². The van der Waals surface area contributed by atoms with E-state index < -0.39 is 10.0 Å². The Morgan fingerprint density at radius 1 is 1.08 bits per heavy atom. The number of nitrogens with two attached hydrogens (primary N) is 2. The summed E-state index contributed by atoms with van der Waals surface area (Å²) in [6, 6.07) is 12.8. The van der Waals surface area contributed by atoms with Crippen LogP contribution in [-0.4, -0.2) is 30.5 Å². The van der Waals surface area contributed by atoms with E-state index in [1.807, 2.05) is 37.3 Å². The first-order valence-electron chi connectivity index (χ1n) is 11.7. The summed E-state index contributed by atoms with van der Waals surface area (Å²) in [5, 5.41) is 11.3. The van der Waals surface area contributed by atoms with Crippen LogP contribution in [0.25, 0.3) is 21.5 Å². The van der Waals surface area contributed by atoms with Gasteiger partial charge >= 0.3 is 0 Å². The van der Waals surface area contributed by atoms with E-state index in [-0.39, 0.29) is 10.8 Å². The maximum atomic E-state index is 12.5. The van der Waals surface area contributed by atoms with Crippen LogP contribution >= 0.6 is 0 Å². The van der Waals surface area contributed by atoms with Gasteiger partial charge in [-0.1, -0.05) is 24.8 Å². The molecule has 9 nitrogen and oxygen atoms in total. The summed E-state index contributed by atoms with van der Waals surface area (Å²) in [7, 11) is -3.95. The van der Waals surface area contributed by atoms with E-state index >= 15 is 0 Å². The number of aryl methyl sites for hydroxylation is 1. The van der Waals surface area contributed by atoms with Crippen molar-refractivity contribution in [3.63, 3.8) is 0 Å². The first kappa shape index (κ1) is 26.6. The molecule has 2 aromatic carbocycles. The van der Waals surface area contributed by atoms with Gasteiger partial charge in [0.25, 0.3) is 0 Å². The third kappa shape index (κ3) is 6.28. The molecule has 5 N–H and O–H groups in total. The molecule has 10 heteroatoms. The van der Waals surface area contributed by atoms with Gasteiger partial charge in [0, 0.05) is 59.3 Å². The number of hydrogen-bond acceptors (Lipinski definition) is 7. The predicted octanol–water partition coefficient (Wildman–Crippen LogP) is 3.71. The first-order valence-corrected chi connectivity index (χ1v) is 13.3. The molecule has 2 aromatic heterocycles. The molecule has 194 valence electrons. The molecule has 0 fully saturated rings. The number of nitrogen functional groups attached to an aromatic ring is 1. The van der Waals surface area contributed by atoms with Crippen LogP contribution in [0.4, 0.5) is 5.82 Å². The zero-order valence-electron chi connectivity index (χ0n) is 21.1. The highest BCUT2D eigenvalue weighted by molar-refractivity contribution is 7.89. The normalized spacial score (nSPS) is 12.3. The van der Waals surface area contributed by atoms with Crippen molar-refractivity contribution in [3.05, 3.63) is 95.6 Å². The van der Waals surface area contributed by atoms with Gasteiger partial charge in [0.2, 0.25) is 15.9 Å². The fourth-order valence-corrected chi connectivity index (χ4v) is 4.82. The SMILES string of the molecule is C=C(Cc1cc(S(N)(=O)=O)c2cnc(C)cc2c1)N=C/C=C(\C)C(=O)NCc1ccc2c(N)nccc2c1. The molecule has 0 aliphatic heterocycles. The second-order valence-electron chi connectivity index (χ2n) is 8.99. The van der Waals surface area contributed by atoms with Gasteiger partial charge in [-0.15, -0.1) is 0 Å². The lowest BCUT2D eigenvalue weighted by Crippen LogP contribution is -2.23. The number of pyridine rings is 2. The number of aliphatic imine (C=N–C) groups is 1. The number of carbonyl (C=O) groups excluding carboxylic acids is 1. The molecule has 0 saturated carbocycles. The second kappa shape index (κ2) is 10.9. The third-order valence-electron chi connectivity index (χ3n) is 5.96. The minimum absolute atomic E-state index is 0.00763. The monoisotopic (exact) mass is 528 g/mol. The highest BCUT2D eigenvalue weighted by Gasteiger charge is 2.15. The Hall–Kier alpha value is -4.41. The maximum Gasteiger partial charge on any atom is 0.247 e. The second-order valence-corrected chi connectivity index (χ2v) is 10.5. The van der Waals surface area contributed by atoms with E-state index in [9.17, 15) is 13.2 Å². The highest BCUT2D eigenvalue weighted by Crippen LogP contribution is 2.26. The molecule has 0 unspecified atom stereocenters. The van der Waals surface area contributed by atoms with Gasteiger partial charge < -0.3 is 11.1 Å². The van der Waals surface area contributed by atoms with Crippen LogP contribution in [0.1, 0.15) is 23.7 Å². The van der Waals surface area contributed by atoms with E-state index in [1.54, 1.807) is 25.3 Å². The first-order chi connectivity index (χ1) is 18.0. The number of fused-ring (bicyclic) bond motifs is 2. The number of carbonyl (C=O) groups is 1. The number of allylic oxidation sites excluding steroid dienone is 2. The average Bonchev–Trinajstić information content (AvgIpc) is 2.86. The average molecular weight is 529 g/mol. The van der Waals surface area contributed by atoms with Crippen LogP contribution in [0.2, 0.25) is 0 Å². The van der Waals surface area contributed by atoms with E-state index in [4.69, 9.17) is 10.9 Å². The molecule has 0 saturated heterocycles. The molecule has 4 rings (SSSR count). The van der Waals surface area contributed by atoms with Crippen LogP contribution in [0.15, 0.2) is 88.7 Å². The zero-order valence-corrected chi connectivity index (χ0v) is 21.9. The largest absolute Gasteiger partial charge is 0.383 e. The number of rotatable bonds is 8. The van der Waals surface area contributed by atoms with Gasteiger partial charge in [-0.25, -0.2) is 18.5 Å². The van der Waals surface area contributed by atoms with Crippen LogP contribution in [0, 0.1) is 6.92 Å². The number of sulfonamides is 1. The molecule has 0 aliphatic carbocycles. The van der Waals surface area contributed by atoms with Gasteiger partial charge in [0.05, 0.1) is 4.90 Å². The molecule has 38 heavy (non-hydrogen) atoms. The van der Waals surface area contributed by atoms with Gasteiger partial charge in [-0.2, -0.15) is 0 Å². The zero-order chi connectivity index (χ0) is 27.4. The lowest BCUT2D eigenvalue weighted by molar-refractivity contribution is -0.117. The van der Waals surface area contributed by atoms with E-state index in [0.717, 1.165) is 27.4 Å². The Morgan fingerprint density at radius 2 is 1.84 bits per heavy atom. The van der Waals surface area contributed by atoms with Gasteiger partial charge in [-0.05, 0) is 66.1 Å².